The van der Waals surface area contributed by atoms with Gasteiger partial charge in [0.2, 0.25) is 0 Å². The van der Waals surface area contributed by atoms with Crippen molar-refractivity contribution in [3.8, 4) is 0 Å². The molecule has 0 atom stereocenters. The molecule has 2 aliphatic rings. The van der Waals surface area contributed by atoms with Crippen LogP contribution in [0.15, 0.2) is 18.3 Å². The number of hydrogen-bond acceptors (Lipinski definition) is 6. The minimum absolute atomic E-state index is 0.0690. The van der Waals surface area contributed by atoms with Gasteiger partial charge >= 0.3 is 6.09 Å². The molecular formula is C19H29N5O3. The molecule has 0 saturated carbocycles. The molecule has 148 valence electrons. The van der Waals surface area contributed by atoms with Crippen molar-refractivity contribution in [3.05, 3.63) is 23.9 Å². The molecule has 2 saturated heterocycles. The van der Waals surface area contributed by atoms with E-state index in [2.05, 4.69) is 21.7 Å². The van der Waals surface area contributed by atoms with Gasteiger partial charge in [-0.25, -0.2) is 9.78 Å². The van der Waals surface area contributed by atoms with E-state index in [0.29, 0.717) is 38.3 Å². The summed E-state index contributed by atoms with van der Waals surface area (Å²) in [7, 11) is 0. The number of ether oxygens (including phenoxy) is 1. The van der Waals surface area contributed by atoms with Crippen molar-refractivity contribution < 1.29 is 14.3 Å². The van der Waals surface area contributed by atoms with Crippen LogP contribution in [0.25, 0.3) is 0 Å². The molecule has 2 fully saturated rings. The van der Waals surface area contributed by atoms with E-state index in [-0.39, 0.29) is 12.0 Å². The fourth-order valence-corrected chi connectivity index (χ4v) is 3.51. The first-order valence-corrected chi connectivity index (χ1v) is 9.76. The second-order valence-corrected chi connectivity index (χ2v) is 6.80. The molecule has 3 heterocycles. The third-order valence-corrected chi connectivity index (χ3v) is 5.23. The average molecular weight is 375 g/mol. The number of amides is 2. The van der Waals surface area contributed by atoms with Gasteiger partial charge in [0.15, 0.2) is 0 Å². The van der Waals surface area contributed by atoms with E-state index < -0.39 is 0 Å². The fourth-order valence-electron chi connectivity index (χ4n) is 3.51. The zero-order valence-electron chi connectivity index (χ0n) is 16.3. The van der Waals surface area contributed by atoms with E-state index in [1.807, 2.05) is 17.9 Å². The minimum atomic E-state index is -0.264. The zero-order valence-corrected chi connectivity index (χ0v) is 16.3. The Morgan fingerprint density at radius 1 is 1.00 bits per heavy atom. The van der Waals surface area contributed by atoms with E-state index >= 15 is 0 Å². The van der Waals surface area contributed by atoms with Crippen LogP contribution in [-0.4, -0.2) is 97.2 Å². The summed E-state index contributed by atoms with van der Waals surface area (Å²) in [6, 6.07) is 3.65. The normalized spacial score (nSPS) is 18.5. The molecule has 1 aromatic heterocycles. The van der Waals surface area contributed by atoms with Crippen LogP contribution in [0.2, 0.25) is 0 Å². The van der Waals surface area contributed by atoms with E-state index in [1.54, 1.807) is 17.2 Å². The van der Waals surface area contributed by atoms with E-state index in [4.69, 9.17) is 4.74 Å². The van der Waals surface area contributed by atoms with Gasteiger partial charge in [0, 0.05) is 64.1 Å². The lowest BCUT2D eigenvalue weighted by atomic mass is 10.2. The predicted molar refractivity (Wildman–Crippen MR) is 103 cm³/mol. The summed E-state index contributed by atoms with van der Waals surface area (Å²) in [6.45, 7) is 11.3. The lowest BCUT2D eigenvalue weighted by molar-refractivity contribution is 0.0643. The van der Waals surface area contributed by atoms with Gasteiger partial charge in [-0.2, -0.15) is 0 Å². The Labute approximate surface area is 160 Å². The standard InChI is InChI=1S/C19H29N5O3/c1-3-21-7-9-23(10-8-21)18(25)16-5-6-20-17(15-16)22-11-13-24(14-12-22)19(26)27-4-2/h5-6,15H,3-4,7-14H2,1-2H3. The number of hydrogen-bond donors (Lipinski definition) is 0. The number of nitrogens with zero attached hydrogens (tertiary/aromatic N) is 5. The molecule has 0 bridgehead atoms. The Morgan fingerprint density at radius 2 is 1.67 bits per heavy atom. The first kappa shape index (κ1) is 19.4. The van der Waals surface area contributed by atoms with Gasteiger partial charge in [-0.3, -0.25) is 4.79 Å². The summed E-state index contributed by atoms with van der Waals surface area (Å²) in [5.41, 5.74) is 0.678. The summed E-state index contributed by atoms with van der Waals surface area (Å²) in [5, 5.41) is 0. The molecule has 2 aliphatic heterocycles. The van der Waals surface area contributed by atoms with Gasteiger partial charge in [0.1, 0.15) is 5.82 Å². The molecule has 0 spiro atoms. The zero-order chi connectivity index (χ0) is 19.2. The summed E-state index contributed by atoms with van der Waals surface area (Å²) >= 11 is 0. The van der Waals surface area contributed by atoms with Gasteiger partial charge in [-0.1, -0.05) is 6.92 Å². The quantitative estimate of drug-likeness (QED) is 0.786. The molecule has 0 aliphatic carbocycles. The van der Waals surface area contributed by atoms with E-state index in [1.165, 1.54) is 0 Å². The molecule has 8 nitrogen and oxygen atoms in total. The summed E-state index contributed by atoms with van der Waals surface area (Å²) in [5.74, 6) is 0.858. The highest BCUT2D eigenvalue weighted by molar-refractivity contribution is 5.95. The predicted octanol–water partition coefficient (Wildman–Crippen LogP) is 1.14. The second-order valence-electron chi connectivity index (χ2n) is 6.80. The van der Waals surface area contributed by atoms with Gasteiger partial charge in [0.25, 0.3) is 5.91 Å². The third-order valence-electron chi connectivity index (χ3n) is 5.23. The molecular weight excluding hydrogens is 346 g/mol. The lowest BCUT2D eigenvalue weighted by Crippen LogP contribution is -2.49. The molecule has 27 heavy (non-hydrogen) atoms. The highest BCUT2D eigenvalue weighted by Gasteiger charge is 2.25. The number of aromatic nitrogens is 1. The largest absolute Gasteiger partial charge is 0.450 e. The maximum Gasteiger partial charge on any atom is 0.409 e. The third kappa shape index (κ3) is 4.68. The number of pyridine rings is 1. The van der Waals surface area contributed by atoms with Crippen molar-refractivity contribution in [1.82, 2.24) is 19.7 Å². The number of anilines is 1. The number of carbonyl (C=O) groups is 2. The lowest BCUT2D eigenvalue weighted by Gasteiger charge is -2.35. The van der Waals surface area contributed by atoms with Gasteiger partial charge in [-0.15, -0.1) is 0 Å². The Balaban J connectivity index is 1.59. The van der Waals surface area contributed by atoms with Crippen molar-refractivity contribution in [2.24, 2.45) is 0 Å². The van der Waals surface area contributed by atoms with Crippen molar-refractivity contribution >= 4 is 17.8 Å². The van der Waals surface area contributed by atoms with E-state index in [9.17, 15) is 9.59 Å². The van der Waals surface area contributed by atoms with Crippen molar-refractivity contribution in [2.75, 3.05) is 70.4 Å². The number of rotatable bonds is 4. The summed E-state index contributed by atoms with van der Waals surface area (Å²) in [4.78, 5) is 37.2. The molecule has 0 unspecified atom stereocenters. The number of carbonyl (C=O) groups excluding carboxylic acids is 2. The molecule has 0 N–H and O–H groups in total. The average Bonchev–Trinajstić information content (AvgIpc) is 2.73. The Morgan fingerprint density at radius 3 is 2.30 bits per heavy atom. The molecule has 2 amide bonds. The maximum atomic E-state index is 12.8. The highest BCUT2D eigenvalue weighted by Crippen LogP contribution is 2.17. The molecule has 8 heteroatoms. The summed E-state index contributed by atoms with van der Waals surface area (Å²) < 4.78 is 5.05. The fraction of sp³-hybridized carbons (Fsp3) is 0.632. The van der Waals surface area contributed by atoms with Crippen LogP contribution in [0.3, 0.4) is 0 Å². The monoisotopic (exact) mass is 375 g/mol. The molecule has 0 aromatic carbocycles. The smallest absolute Gasteiger partial charge is 0.409 e. The van der Waals surface area contributed by atoms with Crippen LogP contribution in [0.4, 0.5) is 10.6 Å². The molecule has 1 aromatic rings. The molecule has 3 rings (SSSR count). The van der Waals surface area contributed by atoms with Crippen LogP contribution in [0, 0.1) is 0 Å². The van der Waals surface area contributed by atoms with Crippen LogP contribution in [0.1, 0.15) is 24.2 Å². The van der Waals surface area contributed by atoms with Gasteiger partial charge < -0.3 is 24.3 Å². The SMILES string of the molecule is CCOC(=O)N1CCN(c2cc(C(=O)N3CCN(CC)CC3)ccn2)CC1. The highest BCUT2D eigenvalue weighted by atomic mass is 16.6. The Hall–Kier alpha value is -2.35. The molecule has 0 radical (unpaired) electrons. The Bertz CT molecular complexity index is 653. The first-order valence-electron chi connectivity index (χ1n) is 9.76. The number of likely N-dealkylation sites (N-methyl/N-ethyl adjacent to an activating group) is 1. The van der Waals surface area contributed by atoms with Crippen LogP contribution in [-0.2, 0) is 4.74 Å². The van der Waals surface area contributed by atoms with Gasteiger partial charge in [-0.05, 0) is 25.6 Å². The van der Waals surface area contributed by atoms with Crippen LogP contribution >= 0.6 is 0 Å². The van der Waals surface area contributed by atoms with Crippen molar-refractivity contribution in [3.63, 3.8) is 0 Å². The van der Waals surface area contributed by atoms with Crippen LogP contribution in [0.5, 0.6) is 0 Å². The topological polar surface area (TPSA) is 69.2 Å². The van der Waals surface area contributed by atoms with Crippen LogP contribution < -0.4 is 4.90 Å². The second kappa shape index (κ2) is 9.03. The van der Waals surface area contributed by atoms with Gasteiger partial charge in [0.05, 0.1) is 6.61 Å². The van der Waals surface area contributed by atoms with Crippen molar-refractivity contribution in [2.45, 2.75) is 13.8 Å². The minimum Gasteiger partial charge on any atom is -0.450 e. The van der Waals surface area contributed by atoms with Crippen molar-refractivity contribution in [1.29, 1.82) is 0 Å². The maximum absolute atomic E-state index is 12.8. The first-order chi connectivity index (χ1) is 13.1. The number of piperazine rings is 2. The summed E-state index contributed by atoms with van der Waals surface area (Å²) in [6.07, 6.45) is 1.43. The van der Waals surface area contributed by atoms with E-state index in [0.717, 1.165) is 38.5 Å². The Kier molecular flexibility index (Phi) is 6.49.